The van der Waals surface area contributed by atoms with Crippen molar-refractivity contribution in [2.24, 2.45) is 0 Å². The Labute approximate surface area is 124 Å². The quantitative estimate of drug-likeness (QED) is 0.834. The summed E-state index contributed by atoms with van der Waals surface area (Å²) in [6.45, 7) is 14.0. The minimum absolute atomic E-state index is 0.320. The number of hydrogen-bond acceptors (Lipinski definition) is 3. The first-order valence-corrected chi connectivity index (χ1v) is 7.82. The molecule has 0 atom stereocenters. The summed E-state index contributed by atoms with van der Waals surface area (Å²) >= 11 is 0. The van der Waals surface area contributed by atoms with Gasteiger partial charge in [-0.2, -0.15) is 0 Å². The van der Waals surface area contributed by atoms with E-state index in [4.69, 9.17) is 0 Å². The van der Waals surface area contributed by atoms with Gasteiger partial charge in [0.15, 0.2) is 0 Å². The van der Waals surface area contributed by atoms with Crippen molar-refractivity contribution in [2.75, 3.05) is 44.6 Å². The SMILES string of the molecule is CC(C)(C)N1CCN(CCCNc2ccccc2)CC1. The molecule has 3 nitrogen and oxygen atoms in total. The summed E-state index contributed by atoms with van der Waals surface area (Å²) in [5.41, 5.74) is 1.55. The third-order valence-corrected chi connectivity index (χ3v) is 4.08. The molecule has 20 heavy (non-hydrogen) atoms. The second-order valence-electron chi connectivity index (χ2n) is 6.65. The zero-order valence-electron chi connectivity index (χ0n) is 13.2. The molecule has 1 fully saturated rings. The van der Waals surface area contributed by atoms with Crippen LogP contribution < -0.4 is 5.32 Å². The maximum absolute atomic E-state index is 3.48. The van der Waals surface area contributed by atoms with E-state index in [1.165, 1.54) is 44.8 Å². The number of nitrogens with zero attached hydrogens (tertiary/aromatic N) is 2. The normalized spacial score (nSPS) is 18.1. The van der Waals surface area contributed by atoms with Gasteiger partial charge in [-0.3, -0.25) is 4.90 Å². The van der Waals surface area contributed by atoms with Crippen LogP contribution in [0.1, 0.15) is 27.2 Å². The lowest BCUT2D eigenvalue weighted by molar-refractivity contribution is 0.0623. The van der Waals surface area contributed by atoms with E-state index in [9.17, 15) is 0 Å². The van der Waals surface area contributed by atoms with Crippen molar-refractivity contribution in [3.05, 3.63) is 30.3 Å². The molecule has 1 aromatic rings. The van der Waals surface area contributed by atoms with Crippen molar-refractivity contribution in [3.63, 3.8) is 0 Å². The van der Waals surface area contributed by atoms with Gasteiger partial charge in [0.25, 0.3) is 0 Å². The van der Waals surface area contributed by atoms with Crippen LogP contribution in [0.5, 0.6) is 0 Å². The van der Waals surface area contributed by atoms with E-state index in [-0.39, 0.29) is 0 Å². The van der Waals surface area contributed by atoms with E-state index >= 15 is 0 Å². The molecule has 0 unspecified atom stereocenters. The molecule has 0 spiro atoms. The van der Waals surface area contributed by atoms with Gasteiger partial charge in [-0.1, -0.05) is 18.2 Å². The van der Waals surface area contributed by atoms with Gasteiger partial charge in [0, 0.05) is 44.0 Å². The third-order valence-electron chi connectivity index (χ3n) is 4.08. The lowest BCUT2D eigenvalue weighted by atomic mass is 10.0. The number of anilines is 1. The maximum Gasteiger partial charge on any atom is 0.0340 e. The molecule has 0 aromatic heterocycles. The van der Waals surface area contributed by atoms with Crippen molar-refractivity contribution < 1.29 is 0 Å². The molecular formula is C17H29N3. The van der Waals surface area contributed by atoms with Crippen LogP contribution in [0.3, 0.4) is 0 Å². The van der Waals surface area contributed by atoms with Gasteiger partial charge in [-0.15, -0.1) is 0 Å². The van der Waals surface area contributed by atoms with E-state index in [1.54, 1.807) is 0 Å². The van der Waals surface area contributed by atoms with Crippen molar-refractivity contribution in [3.8, 4) is 0 Å². The highest BCUT2D eigenvalue weighted by atomic mass is 15.3. The molecule has 0 aliphatic carbocycles. The van der Waals surface area contributed by atoms with Crippen LogP contribution >= 0.6 is 0 Å². The van der Waals surface area contributed by atoms with E-state index in [1.807, 2.05) is 0 Å². The van der Waals surface area contributed by atoms with Crippen molar-refractivity contribution >= 4 is 5.69 Å². The Morgan fingerprint density at radius 3 is 2.25 bits per heavy atom. The fourth-order valence-electron chi connectivity index (χ4n) is 2.73. The summed E-state index contributed by atoms with van der Waals surface area (Å²) in [6.07, 6.45) is 1.21. The summed E-state index contributed by atoms with van der Waals surface area (Å²) in [5, 5.41) is 3.48. The fraction of sp³-hybridized carbons (Fsp3) is 0.647. The van der Waals surface area contributed by atoms with Crippen LogP contribution in [0.2, 0.25) is 0 Å². The summed E-state index contributed by atoms with van der Waals surface area (Å²) in [7, 11) is 0. The Kier molecular flexibility index (Phi) is 5.44. The van der Waals surface area contributed by atoms with E-state index in [0.29, 0.717) is 5.54 Å². The smallest absolute Gasteiger partial charge is 0.0340 e. The molecule has 0 radical (unpaired) electrons. The third kappa shape index (κ3) is 4.80. The van der Waals surface area contributed by atoms with Gasteiger partial charge in [0.1, 0.15) is 0 Å². The minimum atomic E-state index is 0.320. The first kappa shape index (κ1) is 15.3. The molecule has 1 aliphatic heterocycles. The Bertz CT molecular complexity index is 375. The number of benzene rings is 1. The van der Waals surface area contributed by atoms with Crippen LogP contribution in [0, 0.1) is 0 Å². The van der Waals surface area contributed by atoms with Gasteiger partial charge in [0.05, 0.1) is 0 Å². The monoisotopic (exact) mass is 275 g/mol. The standard InChI is InChI=1S/C17H29N3/c1-17(2,3)20-14-12-19(13-15-20)11-7-10-18-16-8-5-4-6-9-16/h4-6,8-9,18H,7,10-15H2,1-3H3. The highest BCUT2D eigenvalue weighted by Gasteiger charge is 2.25. The summed E-state index contributed by atoms with van der Waals surface area (Å²) < 4.78 is 0. The molecule has 1 saturated heterocycles. The van der Waals surface area contributed by atoms with Crippen LogP contribution in [0.25, 0.3) is 0 Å². The summed E-state index contributed by atoms with van der Waals surface area (Å²) in [5.74, 6) is 0. The molecule has 112 valence electrons. The predicted octanol–water partition coefficient (Wildman–Crippen LogP) is 2.90. The Balaban J connectivity index is 1.60. The maximum atomic E-state index is 3.48. The molecular weight excluding hydrogens is 246 g/mol. The van der Waals surface area contributed by atoms with E-state index in [2.05, 4.69) is 66.2 Å². The Hall–Kier alpha value is -1.06. The Morgan fingerprint density at radius 2 is 1.65 bits per heavy atom. The van der Waals surface area contributed by atoms with Crippen LogP contribution in [-0.2, 0) is 0 Å². The molecule has 0 amide bonds. The largest absolute Gasteiger partial charge is 0.385 e. The van der Waals surface area contributed by atoms with Gasteiger partial charge in [-0.25, -0.2) is 0 Å². The molecule has 0 bridgehead atoms. The molecule has 1 heterocycles. The average molecular weight is 275 g/mol. The number of nitrogens with one attached hydrogen (secondary N) is 1. The van der Waals surface area contributed by atoms with Crippen molar-refractivity contribution in [2.45, 2.75) is 32.7 Å². The second-order valence-corrected chi connectivity index (χ2v) is 6.65. The van der Waals surface area contributed by atoms with E-state index in [0.717, 1.165) is 6.54 Å². The first-order chi connectivity index (χ1) is 9.55. The highest BCUT2D eigenvalue weighted by Crippen LogP contribution is 2.15. The van der Waals surface area contributed by atoms with Crippen LogP contribution in [0.15, 0.2) is 30.3 Å². The number of piperazine rings is 1. The topological polar surface area (TPSA) is 18.5 Å². The van der Waals surface area contributed by atoms with Gasteiger partial charge in [-0.05, 0) is 45.9 Å². The minimum Gasteiger partial charge on any atom is -0.385 e. The highest BCUT2D eigenvalue weighted by molar-refractivity contribution is 5.42. The zero-order chi connectivity index (χ0) is 14.4. The average Bonchev–Trinajstić information content (AvgIpc) is 2.44. The number of para-hydroxylation sites is 1. The zero-order valence-corrected chi connectivity index (χ0v) is 13.2. The van der Waals surface area contributed by atoms with Crippen molar-refractivity contribution in [1.82, 2.24) is 9.80 Å². The number of hydrogen-bond donors (Lipinski definition) is 1. The second kappa shape index (κ2) is 7.09. The van der Waals surface area contributed by atoms with Gasteiger partial charge < -0.3 is 10.2 Å². The van der Waals surface area contributed by atoms with Crippen LogP contribution in [0.4, 0.5) is 5.69 Å². The van der Waals surface area contributed by atoms with Gasteiger partial charge >= 0.3 is 0 Å². The lowest BCUT2D eigenvalue weighted by Gasteiger charge is -2.42. The molecule has 2 rings (SSSR count). The first-order valence-electron chi connectivity index (χ1n) is 7.82. The summed E-state index contributed by atoms with van der Waals surface area (Å²) in [4.78, 5) is 5.18. The molecule has 0 saturated carbocycles. The lowest BCUT2D eigenvalue weighted by Crippen LogP contribution is -2.53. The van der Waals surface area contributed by atoms with E-state index < -0.39 is 0 Å². The molecule has 1 aromatic carbocycles. The van der Waals surface area contributed by atoms with Crippen LogP contribution in [-0.4, -0.2) is 54.6 Å². The predicted molar refractivity (Wildman–Crippen MR) is 87.3 cm³/mol. The molecule has 3 heteroatoms. The molecule has 1 N–H and O–H groups in total. The number of rotatable bonds is 5. The van der Waals surface area contributed by atoms with Gasteiger partial charge in [0.2, 0.25) is 0 Å². The fourth-order valence-corrected chi connectivity index (χ4v) is 2.73. The summed E-state index contributed by atoms with van der Waals surface area (Å²) in [6, 6.07) is 10.5. The Morgan fingerprint density at radius 1 is 1.00 bits per heavy atom. The molecule has 1 aliphatic rings. The van der Waals surface area contributed by atoms with Crippen molar-refractivity contribution in [1.29, 1.82) is 0 Å².